The van der Waals surface area contributed by atoms with Gasteiger partial charge in [0.1, 0.15) is 0 Å². The van der Waals surface area contributed by atoms with Gasteiger partial charge in [0.25, 0.3) is 0 Å². The number of rotatable bonds is 6. The standard InChI is InChI=1S/C14H23N3O3S/c1-10(9-15)14(18)16-11(2)12-6-5-7-13(8-12)21(19,20)17(3)4/h5-8,10-11H,9,15H2,1-4H3,(H,16,18). The molecule has 1 amide bonds. The number of nitrogens with one attached hydrogen (secondary N) is 1. The number of nitrogens with two attached hydrogens (primary N) is 1. The molecule has 21 heavy (non-hydrogen) atoms. The van der Waals surface area contributed by atoms with Gasteiger partial charge in [0.15, 0.2) is 0 Å². The summed E-state index contributed by atoms with van der Waals surface area (Å²) < 4.78 is 25.4. The largest absolute Gasteiger partial charge is 0.349 e. The van der Waals surface area contributed by atoms with Crippen LogP contribution >= 0.6 is 0 Å². The Kier molecular flexibility index (Phi) is 5.88. The van der Waals surface area contributed by atoms with Gasteiger partial charge in [-0.1, -0.05) is 19.1 Å². The fourth-order valence-corrected chi connectivity index (χ4v) is 2.66. The highest BCUT2D eigenvalue weighted by Crippen LogP contribution is 2.19. The van der Waals surface area contributed by atoms with Gasteiger partial charge in [0, 0.05) is 26.6 Å². The van der Waals surface area contributed by atoms with Crippen LogP contribution in [0.25, 0.3) is 0 Å². The number of amides is 1. The smallest absolute Gasteiger partial charge is 0.242 e. The first kappa shape index (κ1) is 17.6. The van der Waals surface area contributed by atoms with Gasteiger partial charge in [0.05, 0.1) is 10.9 Å². The lowest BCUT2D eigenvalue weighted by Gasteiger charge is -2.18. The topological polar surface area (TPSA) is 92.5 Å². The van der Waals surface area contributed by atoms with Crippen molar-refractivity contribution in [2.24, 2.45) is 11.7 Å². The predicted octanol–water partition coefficient (Wildman–Crippen LogP) is 0.709. The normalized spacial score (nSPS) is 14.8. The summed E-state index contributed by atoms with van der Waals surface area (Å²) in [5.41, 5.74) is 6.19. The summed E-state index contributed by atoms with van der Waals surface area (Å²) >= 11 is 0. The third kappa shape index (κ3) is 4.26. The summed E-state index contributed by atoms with van der Waals surface area (Å²) in [6, 6.07) is 6.28. The van der Waals surface area contributed by atoms with Crippen LogP contribution in [0.15, 0.2) is 29.2 Å². The Morgan fingerprint density at radius 1 is 1.33 bits per heavy atom. The van der Waals surface area contributed by atoms with E-state index in [-0.39, 0.29) is 29.3 Å². The van der Waals surface area contributed by atoms with E-state index in [9.17, 15) is 13.2 Å². The molecule has 0 saturated carbocycles. The second kappa shape index (κ2) is 7.02. The highest BCUT2D eigenvalue weighted by atomic mass is 32.2. The Bertz CT molecular complexity index is 599. The Hall–Kier alpha value is -1.44. The molecule has 1 aromatic rings. The maximum atomic E-state index is 12.1. The van der Waals surface area contributed by atoms with Crippen LogP contribution in [-0.2, 0) is 14.8 Å². The molecule has 0 aliphatic carbocycles. The van der Waals surface area contributed by atoms with Crippen molar-refractivity contribution >= 4 is 15.9 Å². The Morgan fingerprint density at radius 2 is 1.95 bits per heavy atom. The summed E-state index contributed by atoms with van der Waals surface area (Å²) in [6.07, 6.45) is 0. The van der Waals surface area contributed by atoms with Gasteiger partial charge < -0.3 is 11.1 Å². The van der Waals surface area contributed by atoms with Gasteiger partial charge >= 0.3 is 0 Å². The lowest BCUT2D eigenvalue weighted by molar-refractivity contribution is -0.124. The van der Waals surface area contributed by atoms with E-state index in [1.165, 1.54) is 20.2 Å². The molecular formula is C14H23N3O3S. The molecule has 0 spiro atoms. The second-order valence-corrected chi connectivity index (χ2v) is 7.38. The van der Waals surface area contributed by atoms with Gasteiger partial charge in [-0.3, -0.25) is 4.79 Å². The molecule has 3 N–H and O–H groups in total. The number of nitrogens with zero attached hydrogens (tertiary/aromatic N) is 1. The minimum Gasteiger partial charge on any atom is -0.349 e. The van der Waals surface area contributed by atoms with E-state index in [0.29, 0.717) is 0 Å². The predicted molar refractivity (Wildman–Crippen MR) is 82.1 cm³/mol. The molecule has 1 rings (SSSR count). The number of sulfonamides is 1. The quantitative estimate of drug-likeness (QED) is 0.809. The maximum absolute atomic E-state index is 12.1. The number of carbonyl (C=O) groups is 1. The molecule has 0 aliphatic rings. The fourth-order valence-electron chi connectivity index (χ4n) is 1.70. The van der Waals surface area contributed by atoms with Gasteiger partial charge in [-0.2, -0.15) is 0 Å². The van der Waals surface area contributed by atoms with E-state index in [1.807, 2.05) is 6.92 Å². The molecule has 7 heteroatoms. The molecule has 0 fully saturated rings. The summed E-state index contributed by atoms with van der Waals surface area (Å²) in [7, 11) is -0.517. The number of hydrogen-bond acceptors (Lipinski definition) is 4. The van der Waals surface area contributed by atoms with E-state index in [4.69, 9.17) is 5.73 Å². The zero-order valence-electron chi connectivity index (χ0n) is 12.8. The van der Waals surface area contributed by atoms with Crippen LogP contribution in [0.3, 0.4) is 0 Å². The number of hydrogen-bond donors (Lipinski definition) is 2. The molecular weight excluding hydrogens is 290 g/mol. The van der Waals surface area contributed by atoms with Crippen LogP contribution in [0.2, 0.25) is 0 Å². The zero-order valence-corrected chi connectivity index (χ0v) is 13.6. The van der Waals surface area contributed by atoms with Crippen molar-refractivity contribution in [2.75, 3.05) is 20.6 Å². The summed E-state index contributed by atoms with van der Waals surface area (Å²) in [6.45, 7) is 3.82. The molecule has 2 atom stereocenters. The summed E-state index contributed by atoms with van der Waals surface area (Å²) in [5.74, 6) is -0.424. The van der Waals surface area contributed by atoms with Crippen molar-refractivity contribution in [2.45, 2.75) is 24.8 Å². The molecule has 0 saturated heterocycles. The molecule has 0 radical (unpaired) electrons. The molecule has 0 bridgehead atoms. The van der Waals surface area contributed by atoms with E-state index < -0.39 is 10.0 Å². The van der Waals surface area contributed by atoms with E-state index in [2.05, 4.69) is 5.32 Å². The van der Waals surface area contributed by atoms with Crippen LogP contribution in [0.5, 0.6) is 0 Å². The van der Waals surface area contributed by atoms with Crippen molar-refractivity contribution in [1.29, 1.82) is 0 Å². The van der Waals surface area contributed by atoms with E-state index in [0.717, 1.165) is 9.87 Å². The molecule has 0 aliphatic heterocycles. The van der Waals surface area contributed by atoms with E-state index >= 15 is 0 Å². The third-order valence-electron chi connectivity index (χ3n) is 3.30. The van der Waals surface area contributed by atoms with Crippen LogP contribution in [-0.4, -0.2) is 39.3 Å². The van der Waals surface area contributed by atoms with Crippen LogP contribution in [0.1, 0.15) is 25.5 Å². The number of carbonyl (C=O) groups excluding carboxylic acids is 1. The first-order valence-corrected chi connectivity index (χ1v) is 8.17. The van der Waals surface area contributed by atoms with Gasteiger partial charge in [0.2, 0.25) is 15.9 Å². The third-order valence-corrected chi connectivity index (χ3v) is 5.11. The molecule has 1 aromatic carbocycles. The lowest BCUT2D eigenvalue weighted by Crippen LogP contribution is -2.35. The first-order valence-electron chi connectivity index (χ1n) is 6.73. The van der Waals surface area contributed by atoms with Crippen LogP contribution < -0.4 is 11.1 Å². The maximum Gasteiger partial charge on any atom is 0.242 e. The average Bonchev–Trinajstić information content (AvgIpc) is 2.46. The molecule has 0 heterocycles. The molecule has 6 nitrogen and oxygen atoms in total. The minimum absolute atomic E-state index is 0.147. The number of benzene rings is 1. The average molecular weight is 313 g/mol. The highest BCUT2D eigenvalue weighted by Gasteiger charge is 2.19. The van der Waals surface area contributed by atoms with Crippen molar-refractivity contribution < 1.29 is 13.2 Å². The van der Waals surface area contributed by atoms with Crippen LogP contribution in [0.4, 0.5) is 0 Å². The Balaban J connectivity index is 2.98. The fraction of sp³-hybridized carbons (Fsp3) is 0.500. The van der Waals surface area contributed by atoms with Gasteiger partial charge in [-0.15, -0.1) is 0 Å². The van der Waals surface area contributed by atoms with Crippen LogP contribution in [0, 0.1) is 5.92 Å². The molecule has 2 unspecified atom stereocenters. The summed E-state index contributed by atoms with van der Waals surface area (Å²) in [4.78, 5) is 12.0. The second-order valence-electron chi connectivity index (χ2n) is 5.23. The minimum atomic E-state index is -3.48. The van der Waals surface area contributed by atoms with E-state index in [1.54, 1.807) is 25.1 Å². The lowest BCUT2D eigenvalue weighted by atomic mass is 10.1. The van der Waals surface area contributed by atoms with Crippen molar-refractivity contribution in [3.05, 3.63) is 29.8 Å². The summed E-state index contributed by atoms with van der Waals surface area (Å²) in [5, 5.41) is 2.83. The highest BCUT2D eigenvalue weighted by molar-refractivity contribution is 7.89. The van der Waals surface area contributed by atoms with Crippen molar-refractivity contribution in [3.8, 4) is 0 Å². The van der Waals surface area contributed by atoms with Crippen molar-refractivity contribution in [1.82, 2.24) is 9.62 Å². The Morgan fingerprint density at radius 3 is 2.48 bits per heavy atom. The van der Waals surface area contributed by atoms with Crippen molar-refractivity contribution in [3.63, 3.8) is 0 Å². The SMILES string of the molecule is CC(CN)C(=O)NC(C)c1cccc(S(=O)(=O)N(C)C)c1. The zero-order chi connectivity index (χ0) is 16.2. The molecule has 0 aromatic heterocycles. The monoisotopic (exact) mass is 313 g/mol. The van der Waals surface area contributed by atoms with Gasteiger partial charge in [-0.25, -0.2) is 12.7 Å². The van der Waals surface area contributed by atoms with Gasteiger partial charge in [-0.05, 0) is 24.6 Å². The molecule has 118 valence electrons. The Labute approximate surface area is 126 Å². The first-order chi connectivity index (χ1) is 9.70.